The molecule has 3 rings (SSSR count). The molecule has 2 amide bonds. The lowest BCUT2D eigenvalue weighted by Gasteiger charge is -2.33. The zero-order valence-electron chi connectivity index (χ0n) is 22.2. The fourth-order valence-electron chi connectivity index (χ4n) is 4.03. The lowest BCUT2D eigenvalue weighted by Crippen LogP contribution is -2.52. The predicted octanol–water partition coefficient (Wildman–Crippen LogP) is 5.88. The highest BCUT2D eigenvalue weighted by molar-refractivity contribution is 9.10. The normalized spacial score (nSPS) is 12.2. The zero-order valence-corrected chi connectivity index (χ0v) is 25.3. The molecule has 0 spiro atoms. The van der Waals surface area contributed by atoms with Gasteiger partial charge < -0.3 is 10.2 Å². The van der Waals surface area contributed by atoms with Crippen molar-refractivity contribution in [2.75, 3.05) is 17.4 Å². The van der Waals surface area contributed by atoms with Gasteiger partial charge in [0.15, 0.2) is 0 Å². The van der Waals surface area contributed by atoms with Gasteiger partial charge in [0.05, 0.1) is 10.6 Å². The second-order valence-corrected chi connectivity index (χ2v) is 12.7. The Morgan fingerprint density at radius 2 is 1.64 bits per heavy atom. The summed E-state index contributed by atoms with van der Waals surface area (Å²) in [5.74, 6) is -0.602. The SMILES string of the molecule is CC[C@H](C(=O)NCC(C)C)N(Cc1ccccc1Cl)C(=O)CN(c1cccc(Br)c1)S(=O)(=O)c1ccccc1. The molecular weight excluding hydrogens is 602 g/mol. The number of carbonyl (C=O) groups is 2. The van der Waals surface area contributed by atoms with Crippen LogP contribution in [-0.2, 0) is 26.2 Å². The molecule has 1 N–H and O–H groups in total. The molecule has 0 aliphatic rings. The number of anilines is 1. The number of nitrogens with one attached hydrogen (secondary N) is 1. The second-order valence-electron chi connectivity index (χ2n) is 9.48. The molecule has 0 saturated heterocycles. The Hall–Kier alpha value is -2.88. The number of amides is 2. The van der Waals surface area contributed by atoms with Gasteiger partial charge >= 0.3 is 0 Å². The van der Waals surface area contributed by atoms with Crippen LogP contribution in [0.15, 0.2) is 88.2 Å². The molecule has 0 aliphatic carbocycles. The van der Waals surface area contributed by atoms with Crippen LogP contribution in [0.1, 0.15) is 32.8 Å². The van der Waals surface area contributed by atoms with Gasteiger partial charge in [0.2, 0.25) is 11.8 Å². The van der Waals surface area contributed by atoms with Crippen molar-refractivity contribution in [3.63, 3.8) is 0 Å². The van der Waals surface area contributed by atoms with Gasteiger partial charge in [-0.2, -0.15) is 0 Å². The second kappa shape index (κ2) is 14.0. The van der Waals surface area contributed by atoms with Gasteiger partial charge in [-0.3, -0.25) is 13.9 Å². The smallest absolute Gasteiger partial charge is 0.264 e. The van der Waals surface area contributed by atoms with Crippen molar-refractivity contribution in [1.29, 1.82) is 0 Å². The summed E-state index contributed by atoms with van der Waals surface area (Å²) in [6, 6.07) is 21.0. The largest absolute Gasteiger partial charge is 0.354 e. The van der Waals surface area contributed by atoms with Crippen LogP contribution in [0.3, 0.4) is 0 Å². The quantitative estimate of drug-likeness (QED) is 0.270. The number of halogens is 2. The van der Waals surface area contributed by atoms with Crippen LogP contribution in [0, 0.1) is 5.92 Å². The molecule has 1 atom stereocenters. The summed E-state index contributed by atoms with van der Waals surface area (Å²) in [5.41, 5.74) is 0.971. The highest BCUT2D eigenvalue weighted by Gasteiger charge is 2.34. The van der Waals surface area contributed by atoms with Crippen molar-refractivity contribution in [3.05, 3.63) is 93.9 Å². The van der Waals surface area contributed by atoms with Crippen LogP contribution in [0.4, 0.5) is 5.69 Å². The maximum atomic E-state index is 14.0. The van der Waals surface area contributed by atoms with Gasteiger partial charge in [-0.15, -0.1) is 0 Å². The fourth-order valence-corrected chi connectivity index (χ4v) is 6.04. The molecule has 7 nitrogen and oxygen atoms in total. The molecular formula is C29H33BrClN3O4S. The first-order valence-corrected chi connectivity index (χ1v) is 15.3. The number of rotatable bonds is 12. The fraction of sp³-hybridized carbons (Fsp3) is 0.310. The van der Waals surface area contributed by atoms with E-state index >= 15 is 0 Å². The monoisotopic (exact) mass is 633 g/mol. The van der Waals surface area contributed by atoms with E-state index in [4.69, 9.17) is 11.6 Å². The van der Waals surface area contributed by atoms with E-state index in [1.54, 1.807) is 66.7 Å². The van der Waals surface area contributed by atoms with Gasteiger partial charge in [-0.05, 0) is 54.3 Å². The van der Waals surface area contributed by atoms with Crippen molar-refractivity contribution in [1.82, 2.24) is 10.2 Å². The third-order valence-corrected chi connectivity index (χ3v) is 8.73. The van der Waals surface area contributed by atoms with Crippen LogP contribution in [-0.4, -0.2) is 44.3 Å². The summed E-state index contributed by atoms with van der Waals surface area (Å²) in [4.78, 5) is 28.7. The molecule has 0 radical (unpaired) electrons. The predicted molar refractivity (Wildman–Crippen MR) is 159 cm³/mol. The number of hydrogen-bond donors (Lipinski definition) is 1. The standard InChI is InChI=1S/C29H33BrClN3O4S/c1-4-27(29(36)32-18-21(2)3)33(19-22-11-8-9-16-26(22)31)28(35)20-34(24-13-10-12-23(30)17-24)39(37,38)25-14-6-5-7-15-25/h5-17,21,27H,4,18-20H2,1-3H3,(H,32,36)/t27-/m1/s1. The number of sulfonamides is 1. The van der Waals surface area contributed by atoms with Crippen molar-refractivity contribution in [2.45, 2.75) is 44.7 Å². The molecule has 0 saturated carbocycles. The van der Waals surface area contributed by atoms with Crippen LogP contribution in [0.25, 0.3) is 0 Å². The van der Waals surface area contributed by atoms with Crippen LogP contribution >= 0.6 is 27.5 Å². The van der Waals surface area contributed by atoms with Crippen LogP contribution < -0.4 is 9.62 Å². The van der Waals surface area contributed by atoms with E-state index in [1.807, 2.05) is 20.8 Å². The summed E-state index contributed by atoms with van der Waals surface area (Å²) < 4.78 is 29.3. The summed E-state index contributed by atoms with van der Waals surface area (Å²) in [6.45, 7) is 5.78. The molecule has 3 aromatic rings. The minimum atomic E-state index is -4.12. The van der Waals surface area contributed by atoms with Gasteiger partial charge in [0, 0.05) is 22.6 Å². The van der Waals surface area contributed by atoms with E-state index in [0.717, 1.165) is 4.31 Å². The lowest BCUT2D eigenvalue weighted by molar-refractivity contribution is -0.140. The first-order valence-electron chi connectivity index (χ1n) is 12.7. The Labute approximate surface area is 244 Å². The molecule has 0 bridgehead atoms. The average Bonchev–Trinajstić information content (AvgIpc) is 2.91. The molecule has 0 aromatic heterocycles. The van der Waals surface area contributed by atoms with Crippen molar-refractivity contribution in [3.8, 4) is 0 Å². The Balaban J connectivity index is 2.05. The summed E-state index contributed by atoms with van der Waals surface area (Å²) in [7, 11) is -4.12. The molecule has 0 fully saturated rings. The Morgan fingerprint density at radius 1 is 0.974 bits per heavy atom. The van der Waals surface area contributed by atoms with Gasteiger partial charge in [-0.1, -0.05) is 90.8 Å². The summed E-state index contributed by atoms with van der Waals surface area (Å²) >= 11 is 9.82. The maximum Gasteiger partial charge on any atom is 0.264 e. The van der Waals surface area contributed by atoms with Crippen LogP contribution in [0.2, 0.25) is 5.02 Å². The molecule has 10 heteroatoms. The number of hydrogen-bond acceptors (Lipinski definition) is 4. The van der Waals surface area contributed by atoms with Crippen molar-refractivity contribution < 1.29 is 18.0 Å². The Kier molecular flexibility index (Phi) is 11.0. The number of carbonyl (C=O) groups excluding carboxylic acids is 2. The molecule has 39 heavy (non-hydrogen) atoms. The van der Waals surface area contributed by atoms with Gasteiger partial charge in [0.25, 0.3) is 10.0 Å². The van der Waals surface area contributed by atoms with Crippen molar-refractivity contribution >= 4 is 55.1 Å². The zero-order chi connectivity index (χ0) is 28.6. The third kappa shape index (κ3) is 8.06. The van der Waals surface area contributed by atoms with E-state index in [9.17, 15) is 18.0 Å². The van der Waals surface area contributed by atoms with E-state index in [0.29, 0.717) is 33.7 Å². The molecule has 0 aliphatic heterocycles. The third-order valence-electron chi connectivity index (χ3n) is 6.08. The molecule has 3 aromatic carbocycles. The first kappa shape index (κ1) is 30.7. The summed E-state index contributed by atoms with van der Waals surface area (Å²) in [6.07, 6.45) is 0.336. The average molecular weight is 635 g/mol. The minimum Gasteiger partial charge on any atom is -0.354 e. The van der Waals surface area contributed by atoms with Gasteiger partial charge in [-0.25, -0.2) is 8.42 Å². The lowest BCUT2D eigenvalue weighted by atomic mass is 10.1. The minimum absolute atomic E-state index is 0.0455. The highest BCUT2D eigenvalue weighted by Crippen LogP contribution is 2.27. The van der Waals surface area contributed by atoms with Gasteiger partial charge in [0.1, 0.15) is 12.6 Å². The Bertz CT molecular complexity index is 1390. The highest BCUT2D eigenvalue weighted by atomic mass is 79.9. The van der Waals surface area contributed by atoms with E-state index in [1.165, 1.54) is 17.0 Å². The van der Waals surface area contributed by atoms with E-state index in [-0.39, 0.29) is 23.3 Å². The van der Waals surface area contributed by atoms with Crippen molar-refractivity contribution in [2.24, 2.45) is 5.92 Å². The first-order chi connectivity index (χ1) is 18.5. The van der Waals surface area contributed by atoms with E-state index in [2.05, 4.69) is 21.2 Å². The Morgan fingerprint density at radius 3 is 2.26 bits per heavy atom. The molecule has 0 unspecified atom stereocenters. The maximum absolute atomic E-state index is 14.0. The number of benzene rings is 3. The van der Waals surface area contributed by atoms with Crippen LogP contribution in [0.5, 0.6) is 0 Å². The molecule has 208 valence electrons. The molecule has 0 heterocycles. The number of nitrogens with zero attached hydrogens (tertiary/aromatic N) is 2. The summed E-state index contributed by atoms with van der Waals surface area (Å²) in [5, 5.41) is 3.37. The van der Waals surface area contributed by atoms with E-state index < -0.39 is 28.5 Å². The topological polar surface area (TPSA) is 86.8 Å².